The van der Waals surface area contributed by atoms with Crippen LogP contribution in [0.3, 0.4) is 0 Å². The lowest BCUT2D eigenvalue weighted by atomic mass is 10.0. The zero-order chi connectivity index (χ0) is 18.4. The van der Waals surface area contributed by atoms with Crippen LogP contribution in [-0.2, 0) is 4.79 Å². The molecule has 1 atom stereocenters. The molecule has 0 unspecified atom stereocenters. The van der Waals surface area contributed by atoms with E-state index in [-0.39, 0.29) is 11.8 Å². The van der Waals surface area contributed by atoms with Gasteiger partial charge in [-0.1, -0.05) is 32.0 Å². The van der Waals surface area contributed by atoms with Crippen LogP contribution >= 0.6 is 27.3 Å². The van der Waals surface area contributed by atoms with Gasteiger partial charge in [0.25, 0.3) is 0 Å². The number of urea groups is 1. The molecule has 0 bridgehead atoms. The third-order valence-corrected chi connectivity index (χ3v) is 5.25. The van der Waals surface area contributed by atoms with Gasteiger partial charge in [-0.25, -0.2) is 9.78 Å². The summed E-state index contributed by atoms with van der Waals surface area (Å²) in [5.41, 5.74) is 0.697. The third kappa shape index (κ3) is 6.13. The highest BCUT2D eigenvalue weighted by atomic mass is 79.9. The lowest BCUT2D eigenvalue weighted by Crippen LogP contribution is -2.46. The van der Waals surface area contributed by atoms with Gasteiger partial charge in [-0.3, -0.25) is 10.1 Å². The summed E-state index contributed by atoms with van der Waals surface area (Å²) >= 11 is 4.68. The second-order valence-corrected chi connectivity index (χ2v) is 7.96. The molecule has 2 aromatic rings. The van der Waals surface area contributed by atoms with Crippen molar-refractivity contribution in [3.05, 3.63) is 39.8 Å². The van der Waals surface area contributed by atoms with E-state index in [1.807, 2.05) is 39.0 Å². The smallest absolute Gasteiger partial charge is 0.321 e. The number of nitrogens with zero attached hydrogens (tertiary/aromatic N) is 1. The van der Waals surface area contributed by atoms with Crippen LogP contribution < -0.4 is 16.0 Å². The van der Waals surface area contributed by atoms with Crippen LogP contribution in [0.2, 0.25) is 0 Å². The van der Waals surface area contributed by atoms with Gasteiger partial charge in [0.05, 0.1) is 0 Å². The summed E-state index contributed by atoms with van der Waals surface area (Å²) in [5, 5.41) is 8.72. The van der Waals surface area contributed by atoms with Crippen molar-refractivity contribution in [1.82, 2.24) is 10.3 Å². The number of thiazole rings is 1. The van der Waals surface area contributed by atoms with Gasteiger partial charge in [0.2, 0.25) is 5.91 Å². The maximum Gasteiger partial charge on any atom is 0.321 e. The molecule has 0 aliphatic rings. The van der Waals surface area contributed by atoms with Crippen molar-refractivity contribution < 1.29 is 9.59 Å². The Hall–Kier alpha value is -1.93. The summed E-state index contributed by atoms with van der Waals surface area (Å²) in [5.74, 6) is 0.00891. The van der Waals surface area contributed by atoms with Crippen LogP contribution in [0.4, 0.5) is 15.6 Å². The van der Waals surface area contributed by atoms with E-state index in [0.717, 1.165) is 4.88 Å². The van der Waals surface area contributed by atoms with E-state index >= 15 is 0 Å². The van der Waals surface area contributed by atoms with Crippen LogP contribution in [0.5, 0.6) is 0 Å². The third-order valence-electron chi connectivity index (χ3n) is 3.33. The van der Waals surface area contributed by atoms with Crippen LogP contribution in [0.25, 0.3) is 0 Å². The number of nitrogens with one attached hydrogen (secondary N) is 3. The molecule has 8 heteroatoms. The molecule has 0 spiro atoms. The zero-order valence-corrected chi connectivity index (χ0v) is 16.7. The van der Waals surface area contributed by atoms with Crippen molar-refractivity contribution in [1.29, 1.82) is 0 Å². The largest absolute Gasteiger partial charge is 0.326 e. The molecule has 0 radical (unpaired) electrons. The number of carbonyl (C=O) groups excluding carboxylic acids is 2. The Labute approximate surface area is 159 Å². The predicted molar refractivity (Wildman–Crippen MR) is 105 cm³/mol. The number of carbonyl (C=O) groups is 2. The molecule has 3 N–H and O–H groups in total. The van der Waals surface area contributed by atoms with Crippen molar-refractivity contribution in [2.45, 2.75) is 33.2 Å². The first-order valence-corrected chi connectivity index (χ1v) is 9.52. The molecule has 3 amide bonds. The van der Waals surface area contributed by atoms with Crippen molar-refractivity contribution in [3.63, 3.8) is 0 Å². The maximum atomic E-state index is 12.5. The van der Waals surface area contributed by atoms with Crippen LogP contribution in [-0.4, -0.2) is 23.0 Å². The van der Waals surface area contributed by atoms with Gasteiger partial charge in [-0.05, 0) is 47.3 Å². The number of para-hydroxylation sites is 1. The number of amides is 3. The Morgan fingerprint density at radius 1 is 1.20 bits per heavy atom. The number of rotatable bonds is 6. The SMILES string of the molecule is Cc1sc(NC(=O)N[C@@H](CC(C)C)C(=O)Nc2ccccc2)nc1Br. The zero-order valence-electron chi connectivity index (χ0n) is 14.3. The summed E-state index contributed by atoms with van der Waals surface area (Å²) in [7, 11) is 0. The molecule has 1 aromatic heterocycles. The Kier molecular flexibility index (Phi) is 6.95. The number of aryl methyl sites for hydroxylation is 1. The fourth-order valence-corrected chi connectivity index (χ4v) is 3.41. The predicted octanol–water partition coefficient (Wildman–Crippen LogP) is 4.39. The second-order valence-electron chi connectivity index (χ2n) is 6.00. The highest BCUT2D eigenvalue weighted by Gasteiger charge is 2.22. The minimum Gasteiger partial charge on any atom is -0.326 e. The minimum atomic E-state index is -0.635. The van der Waals surface area contributed by atoms with Crippen LogP contribution in [0.15, 0.2) is 34.9 Å². The molecule has 2 rings (SSSR count). The highest BCUT2D eigenvalue weighted by Crippen LogP contribution is 2.25. The normalized spacial score (nSPS) is 11.9. The number of anilines is 2. The maximum absolute atomic E-state index is 12.5. The Bertz CT molecular complexity index is 714. The van der Waals surface area contributed by atoms with Gasteiger partial charge in [0.1, 0.15) is 10.6 Å². The number of hydrogen-bond donors (Lipinski definition) is 3. The van der Waals surface area contributed by atoms with E-state index in [1.54, 1.807) is 12.1 Å². The fraction of sp³-hybridized carbons (Fsp3) is 0.353. The summed E-state index contributed by atoms with van der Waals surface area (Å²) in [6, 6.07) is 8.09. The lowest BCUT2D eigenvalue weighted by Gasteiger charge is -2.20. The quantitative estimate of drug-likeness (QED) is 0.642. The van der Waals surface area contributed by atoms with Gasteiger partial charge >= 0.3 is 6.03 Å². The molecule has 0 saturated heterocycles. The van der Waals surface area contributed by atoms with Crippen LogP contribution in [0.1, 0.15) is 25.1 Å². The number of hydrogen-bond acceptors (Lipinski definition) is 4. The Morgan fingerprint density at radius 2 is 1.88 bits per heavy atom. The highest BCUT2D eigenvalue weighted by molar-refractivity contribution is 9.10. The molecule has 0 aliphatic heterocycles. The summed E-state index contributed by atoms with van der Waals surface area (Å²) < 4.78 is 0.702. The molecule has 0 saturated carbocycles. The molecule has 0 fully saturated rings. The van der Waals surface area contributed by atoms with Crippen molar-refractivity contribution >= 4 is 50.0 Å². The molecule has 1 heterocycles. The van der Waals surface area contributed by atoms with E-state index in [4.69, 9.17) is 0 Å². The molecular weight excluding hydrogens is 404 g/mol. The van der Waals surface area contributed by atoms with Crippen molar-refractivity contribution in [2.24, 2.45) is 5.92 Å². The number of benzene rings is 1. The first-order valence-electron chi connectivity index (χ1n) is 7.91. The van der Waals surface area contributed by atoms with E-state index < -0.39 is 12.1 Å². The molecule has 134 valence electrons. The summed E-state index contributed by atoms with van der Waals surface area (Å²) in [4.78, 5) is 29.9. The molecule has 1 aromatic carbocycles. The monoisotopic (exact) mass is 424 g/mol. The van der Waals surface area contributed by atoms with Gasteiger partial charge in [-0.2, -0.15) is 0 Å². The standard InChI is InChI=1S/C17H21BrN4O2S/c1-10(2)9-13(15(23)19-12-7-5-4-6-8-12)20-16(24)22-17-21-14(18)11(3)25-17/h4-8,10,13H,9H2,1-3H3,(H,19,23)(H2,20,21,22,24)/t13-/m0/s1. The topological polar surface area (TPSA) is 83.1 Å². The van der Waals surface area contributed by atoms with Gasteiger partial charge in [0, 0.05) is 10.6 Å². The molecule has 0 aliphatic carbocycles. The molecule has 6 nitrogen and oxygen atoms in total. The summed E-state index contributed by atoms with van der Waals surface area (Å²) in [6.07, 6.45) is 0.534. The lowest BCUT2D eigenvalue weighted by molar-refractivity contribution is -0.118. The average Bonchev–Trinajstić information content (AvgIpc) is 2.84. The summed E-state index contributed by atoms with van der Waals surface area (Å²) in [6.45, 7) is 5.91. The van der Waals surface area contributed by atoms with Crippen molar-refractivity contribution in [2.75, 3.05) is 10.6 Å². The first kappa shape index (κ1) is 19.4. The van der Waals surface area contributed by atoms with E-state index in [1.165, 1.54) is 11.3 Å². The number of aromatic nitrogens is 1. The van der Waals surface area contributed by atoms with E-state index in [9.17, 15) is 9.59 Å². The fourth-order valence-electron chi connectivity index (χ4n) is 2.18. The first-order chi connectivity index (χ1) is 11.8. The van der Waals surface area contributed by atoms with Crippen molar-refractivity contribution in [3.8, 4) is 0 Å². The number of halogens is 1. The Balaban J connectivity index is 2.00. The van der Waals surface area contributed by atoms with Gasteiger partial charge < -0.3 is 10.6 Å². The van der Waals surface area contributed by atoms with Crippen LogP contribution in [0, 0.1) is 12.8 Å². The minimum absolute atomic E-state index is 0.244. The molecule has 25 heavy (non-hydrogen) atoms. The van der Waals surface area contributed by atoms with E-state index in [2.05, 4.69) is 36.9 Å². The van der Waals surface area contributed by atoms with Gasteiger partial charge in [-0.15, -0.1) is 11.3 Å². The second kappa shape index (κ2) is 8.96. The Morgan fingerprint density at radius 3 is 2.44 bits per heavy atom. The average molecular weight is 425 g/mol. The van der Waals surface area contributed by atoms with Gasteiger partial charge in [0.15, 0.2) is 5.13 Å². The van der Waals surface area contributed by atoms with E-state index in [0.29, 0.717) is 21.8 Å². The molecular formula is C17H21BrN4O2S.